The topological polar surface area (TPSA) is 102 Å². The molecule has 0 aromatic heterocycles. The number of rotatable bonds is 4. The standard InChI is InChI=1S/C10H18N4O2/c1-10(16,7-12)13-6-9(15)14-4-2-3-8(14)5-11/h8,13,16H,2-4,6-7,12H2,1H3/t8-,10?/m0/s1. The molecule has 1 unspecified atom stereocenters. The zero-order valence-electron chi connectivity index (χ0n) is 9.44. The van der Waals surface area contributed by atoms with E-state index in [0.29, 0.717) is 6.54 Å². The van der Waals surface area contributed by atoms with Crippen LogP contribution in [0.15, 0.2) is 0 Å². The van der Waals surface area contributed by atoms with E-state index in [1.54, 1.807) is 4.90 Å². The third-order valence-electron chi connectivity index (χ3n) is 2.74. The van der Waals surface area contributed by atoms with Crippen LogP contribution in [0.25, 0.3) is 0 Å². The molecule has 90 valence electrons. The summed E-state index contributed by atoms with van der Waals surface area (Å²) in [5, 5.41) is 21.1. The number of carbonyl (C=O) groups excluding carboxylic acids is 1. The lowest BCUT2D eigenvalue weighted by Crippen LogP contribution is -2.52. The van der Waals surface area contributed by atoms with Crippen LogP contribution in [0, 0.1) is 11.3 Å². The zero-order valence-corrected chi connectivity index (χ0v) is 9.44. The number of likely N-dealkylation sites (tertiary alicyclic amines) is 1. The van der Waals surface area contributed by atoms with Gasteiger partial charge in [0.25, 0.3) is 0 Å². The number of amides is 1. The van der Waals surface area contributed by atoms with Crippen LogP contribution >= 0.6 is 0 Å². The maximum atomic E-state index is 11.7. The highest BCUT2D eigenvalue weighted by Crippen LogP contribution is 2.16. The van der Waals surface area contributed by atoms with E-state index in [-0.39, 0.29) is 25.0 Å². The maximum absolute atomic E-state index is 11.7. The fourth-order valence-corrected chi connectivity index (χ4v) is 1.64. The molecule has 1 rings (SSSR count). The van der Waals surface area contributed by atoms with Gasteiger partial charge in [0.05, 0.1) is 12.6 Å². The van der Waals surface area contributed by atoms with E-state index in [2.05, 4.69) is 11.4 Å². The summed E-state index contributed by atoms with van der Waals surface area (Å²) in [6, 6.07) is 1.77. The van der Waals surface area contributed by atoms with Crippen LogP contribution in [-0.4, -0.2) is 47.3 Å². The van der Waals surface area contributed by atoms with E-state index >= 15 is 0 Å². The molecule has 0 saturated carbocycles. The third-order valence-corrected chi connectivity index (χ3v) is 2.74. The van der Waals surface area contributed by atoms with Gasteiger partial charge in [-0.2, -0.15) is 5.26 Å². The third kappa shape index (κ3) is 3.17. The average Bonchev–Trinajstić information content (AvgIpc) is 2.74. The van der Waals surface area contributed by atoms with Crippen LogP contribution in [0.1, 0.15) is 19.8 Å². The first-order valence-electron chi connectivity index (χ1n) is 5.37. The lowest BCUT2D eigenvalue weighted by Gasteiger charge is -2.25. The summed E-state index contributed by atoms with van der Waals surface area (Å²) < 4.78 is 0. The summed E-state index contributed by atoms with van der Waals surface area (Å²) in [6.45, 7) is 2.15. The SMILES string of the molecule is CC(O)(CN)NCC(=O)N1CCC[C@H]1C#N. The van der Waals surface area contributed by atoms with Gasteiger partial charge in [0.15, 0.2) is 0 Å². The van der Waals surface area contributed by atoms with Crippen LogP contribution < -0.4 is 11.1 Å². The Kier molecular flexibility index (Phi) is 4.24. The van der Waals surface area contributed by atoms with E-state index in [0.717, 1.165) is 12.8 Å². The zero-order chi connectivity index (χ0) is 12.2. The normalized spacial score (nSPS) is 23.9. The number of aliphatic hydroxyl groups is 1. The van der Waals surface area contributed by atoms with E-state index in [1.807, 2.05) is 0 Å². The van der Waals surface area contributed by atoms with E-state index in [9.17, 15) is 9.90 Å². The van der Waals surface area contributed by atoms with Gasteiger partial charge in [0.1, 0.15) is 11.8 Å². The summed E-state index contributed by atoms with van der Waals surface area (Å²) >= 11 is 0. The summed E-state index contributed by atoms with van der Waals surface area (Å²) in [5.74, 6) is -0.169. The number of hydrogen-bond donors (Lipinski definition) is 3. The molecule has 6 heteroatoms. The number of nitriles is 1. The first-order valence-corrected chi connectivity index (χ1v) is 5.37. The van der Waals surface area contributed by atoms with Crippen molar-refractivity contribution in [3.05, 3.63) is 0 Å². The monoisotopic (exact) mass is 226 g/mol. The van der Waals surface area contributed by atoms with Gasteiger partial charge in [-0.05, 0) is 19.8 Å². The van der Waals surface area contributed by atoms with Gasteiger partial charge in [-0.25, -0.2) is 0 Å². The summed E-state index contributed by atoms with van der Waals surface area (Å²) in [5.41, 5.74) is 4.07. The highest BCUT2D eigenvalue weighted by atomic mass is 16.3. The molecule has 0 aliphatic carbocycles. The molecule has 4 N–H and O–H groups in total. The molecule has 1 amide bonds. The highest BCUT2D eigenvalue weighted by molar-refractivity contribution is 5.79. The predicted octanol–water partition coefficient (Wildman–Crippen LogP) is -1.24. The van der Waals surface area contributed by atoms with Gasteiger partial charge in [-0.3, -0.25) is 10.1 Å². The minimum atomic E-state index is -1.24. The van der Waals surface area contributed by atoms with Crippen LogP contribution in [0.2, 0.25) is 0 Å². The molecule has 1 aliphatic heterocycles. The molecule has 1 fully saturated rings. The Morgan fingerprint density at radius 1 is 1.81 bits per heavy atom. The van der Waals surface area contributed by atoms with Crippen molar-refractivity contribution in [1.29, 1.82) is 5.26 Å². The highest BCUT2D eigenvalue weighted by Gasteiger charge is 2.29. The Balaban J connectivity index is 2.44. The lowest BCUT2D eigenvalue weighted by atomic mass is 10.2. The molecule has 1 aliphatic rings. The quantitative estimate of drug-likeness (QED) is 0.520. The molecule has 6 nitrogen and oxygen atoms in total. The number of carbonyl (C=O) groups is 1. The van der Waals surface area contributed by atoms with Gasteiger partial charge in [-0.15, -0.1) is 0 Å². The second-order valence-electron chi connectivity index (χ2n) is 4.21. The second-order valence-corrected chi connectivity index (χ2v) is 4.21. The number of nitrogens with one attached hydrogen (secondary N) is 1. The van der Waals surface area contributed by atoms with Crippen LogP contribution in [-0.2, 0) is 4.79 Å². The van der Waals surface area contributed by atoms with Gasteiger partial charge >= 0.3 is 0 Å². The first-order chi connectivity index (χ1) is 7.50. The van der Waals surface area contributed by atoms with Crippen molar-refractivity contribution >= 4 is 5.91 Å². The predicted molar refractivity (Wildman–Crippen MR) is 58.0 cm³/mol. The molecule has 16 heavy (non-hydrogen) atoms. The summed E-state index contributed by atoms with van der Waals surface area (Å²) in [6.07, 6.45) is 1.59. The smallest absolute Gasteiger partial charge is 0.237 e. The van der Waals surface area contributed by atoms with Gasteiger partial charge in [0, 0.05) is 13.1 Å². The fraction of sp³-hybridized carbons (Fsp3) is 0.800. The molecule has 1 heterocycles. The molecule has 0 aromatic carbocycles. The molecule has 0 radical (unpaired) electrons. The van der Waals surface area contributed by atoms with Crippen LogP contribution in [0.4, 0.5) is 0 Å². The van der Waals surface area contributed by atoms with Crippen molar-refractivity contribution in [1.82, 2.24) is 10.2 Å². The average molecular weight is 226 g/mol. The second kappa shape index (κ2) is 5.25. The number of hydrogen-bond acceptors (Lipinski definition) is 5. The Bertz CT molecular complexity index is 298. The minimum absolute atomic E-state index is 0.00236. The Morgan fingerprint density at radius 3 is 3.06 bits per heavy atom. The van der Waals surface area contributed by atoms with Crippen molar-refractivity contribution in [2.45, 2.75) is 31.5 Å². The van der Waals surface area contributed by atoms with Crippen molar-refractivity contribution in [3.8, 4) is 6.07 Å². The fourth-order valence-electron chi connectivity index (χ4n) is 1.64. The summed E-state index contributed by atoms with van der Waals surface area (Å²) in [4.78, 5) is 13.3. The van der Waals surface area contributed by atoms with Crippen molar-refractivity contribution in [2.24, 2.45) is 5.73 Å². The Morgan fingerprint density at radius 2 is 2.50 bits per heavy atom. The minimum Gasteiger partial charge on any atom is -0.375 e. The molecule has 1 saturated heterocycles. The largest absolute Gasteiger partial charge is 0.375 e. The molecular weight excluding hydrogens is 208 g/mol. The lowest BCUT2D eigenvalue weighted by molar-refractivity contribution is -0.131. The summed E-state index contributed by atoms with van der Waals surface area (Å²) in [7, 11) is 0. The van der Waals surface area contributed by atoms with Crippen LogP contribution in [0.3, 0.4) is 0 Å². The molecular formula is C10H18N4O2. The number of nitrogens with zero attached hydrogens (tertiary/aromatic N) is 2. The van der Waals surface area contributed by atoms with E-state index in [4.69, 9.17) is 11.0 Å². The molecule has 0 spiro atoms. The van der Waals surface area contributed by atoms with Crippen LogP contribution in [0.5, 0.6) is 0 Å². The van der Waals surface area contributed by atoms with Crippen molar-refractivity contribution in [2.75, 3.05) is 19.6 Å². The molecule has 0 aromatic rings. The van der Waals surface area contributed by atoms with Gasteiger partial charge in [0.2, 0.25) is 5.91 Å². The molecule has 0 bridgehead atoms. The Labute approximate surface area is 95.0 Å². The van der Waals surface area contributed by atoms with Gasteiger partial charge in [-0.1, -0.05) is 0 Å². The Hall–Kier alpha value is -1.16. The van der Waals surface area contributed by atoms with Gasteiger partial charge < -0.3 is 15.7 Å². The first kappa shape index (κ1) is 12.9. The van der Waals surface area contributed by atoms with E-state index in [1.165, 1.54) is 6.92 Å². The van der Waals surface area contributed by atoms with Crippen molar-refractivity contribution in [3.63, 3.8) is 0 Å². The molecule has 2 atom stereocenters. The van der Waals surface area contributed by atoms with E-state index < -0.39 is 5.72 Å². The maximum Gasteiger partial charge on any atom is 0.237 e. The number of nitrogens with two attached hydrogens (primary N) is 1. The van der Waals surface area contributed by atoms with Crippen molar-refractivity contribution < 1.29 is 9.90 Å².